The number of quaternary nitrogens is 1. The molecule has 2 aliphatic carbocycles. The molecule has 4 saturated heterocycles. The van der Waals surface area contributed by atoms with E-state index in [9.17, 15) is 4.79 Å². The first kappa shape index (κ1) is 20.0. The molecular weight excluding hydrogens is 378 g/mol. The van der Waals surface area contributed by atoms with E-state index in [1.807, 2.05) is 0 Å². The average Bonchev–Trinajstić information content (AvgIpc) is 3.44. The highest BCUT2D eigenvalue weighted by Gasteiger charge is 2.78. The number of hydrogen-bond donors (Lipinski definition) is 1. The number of fused-ring (bicyclic) bond motifs is 2. The van der Waals surface area contributed by atoms with Crippen LogP contribution in [0.4, 0.5) is 0 Å². The number of hydrogen-bond acceptors (Lipinski definition) is 5. The molecule has 6 rings (SSSR count). The highest BCUT2D eigenvalue weighted by atomic mass is 16.6. The molecule has 4 heterocycles. The molecule has 168 valence electrons. The van der Waals surface area contributed by atoms with Crippen molar-refractivity contribution in [3.63, 3.8) is 0 Å². The van der Waals surface area contributed by atoms with Crippen LogP contribution >= 0.6 is 0 Å². The topological polar surface area (TPSA) is 61.9 Å². The third-order valence-corrected chi connectivity index (χ3v) is 9.92. The van der Waals surface area contributed by atoms with E-state index in [1.165, 1.54) is 45.1 Å². The molecule has 0 amide bonds. The molecule has 2 saturated carbocycles. The zero-order valence-electron chi connectivity index (χ0n) is 18.9. The van der Waals surface area contributed by atoms with E-state index in [1.54, 1.807) is 0 Å². The van der Waals surface area contributed by atoms with Crippen molar-refractivity contribution in [2.24, 2.45) is 23.2 Å². The summed E-state index contributed by atoms with van der Waals surface area (Å²) in [5.74, 6) is 0.934. The van der Waals surface area contributed by atoms with Crippen LogP contribution in [-0.2, 0) is 14.3 Å². The Bertz CT molecular complexity index is 689. The summed E-state index contributed by atoms with van der Waals surface area (Å²) in [6.07, 6.45) is 9.86. The number of piperidine rings is 1. The normalized spacial score (nSPS) is 51.6. The fourth-order valence-corrected chi connectivity index (χ4v) is 8.26. The van der Waals surface area contributed by atoms with Crippen molar-refractivity contribution in [2.45, 2.75) is 82.8 Å². The van der Waals surface area contributed by atoms with Crippen LogP contribution in [0.5, 0.6) is 0 Å². The van der Waals surface area contributed by atoms with Gasteiger partial charge in [-0.2, -0.15) is 0 Å². The first-order valence-electron chi connectivity index (χ1n) is 12.7. The summed E-state index contributed by atoms with van der Waals surface area (Å²) in [6, 6.07) is 0. The van der Waals surface area contributed by atoms with E-state index >= 15 is 0 Å². The fourth-order valence-electron chi connectivity index (χ4n) is 8.26. The summed E-state index contributed by atoms with van der Waals surface area (Å²) in [5, 5.41) is 2.53. The summed E-state index contributed by atoms with van der Waals surface area (Å²) in [7, 11) is 0. The number of ether oxygens (including phenoxy) is 2. The van der Waals surface area contributed by atoms with E-state index in [2.05, 4.69) is 29.0 Å². The standard InChI is InChI=1S/C24H39N3O3/c1-16-6-5-8-23(2)14-18-20(21-24(16,23)30-21)17(22(28)29-18)15-26-10-12-27(13-11-26)19-7-3-4-9-25-19/h16-21,25H,3-15H2,1-2H3/p+1. The number of esters is 1. The lowest BCUT2D eigenvalue weighted by molar-refractivity contribution is -0.717. The van der Waals surface area contributed by atoms with Gasteiger partial charge in [0.1, 0.15) is 17.9 Å². The van der Waals surface area contributed by atoms with Gasteiger partial charge in [0.25, 0.3) is 0 Å². The molecule has 0 aromatic rings. The van der Waals surface area contributed by atoms with E-state index in [0.717, 1.165) is 39.1 Å². The molecule has 30 heavy (non-hydrogen) atoms. The zero-order chi connectivity index (χ0) is 20.5. The van der Waals surface area contributed by atoms with Crippen LogP contribution in [0.25, 0.3) is 0 Å². The number of nitrogens with two attached hydrogens (primary N) is 1. The van der Waals surface area contributed by atoms with Crippen LogP contribution in [-0.4, -0.2) is 79.0 Å². The Hall–Kier alpha value is -0.690. The maximum atomic E-state index is 13.0. The van der Waals surface area contributed by atoms with Gasteiger partial charge in [-0.25, -0.2) is 0 Å². The van der Waals surface area contributed by atoms with Gasteiger partial charge in [0.2, 0.25) is 0 Å². The SMILES string of the molecule is CC1CCCC2(C)CC3OC(=O)C(CN4CCN(C5CCCC[NH2+]5)CC4)C3C3OC132. The highest BCUT2D eigenvalue weighted by Crippen LogP contribution is 2.70. The van der Waals surface area contributed by atoms with Crippen molar-refractivity contribution in [1.29, 1.82) is 0 Å². The number of piperazine rings is 1. The molecule has 0 aromatic carbocycles. The van der Waals surface area contributed by atoms with Crippen LogP contribution in [0.2, 0.25) is 0 Å². The lowest BCUT2D eigenvalue weighted by Crippen LogP contribution is -2.95. The Morgan fingerprint density at radius 3 is 2.73 bits per heavy atom. The Morgan fingerprint density at radius 2 is 1.97 bits per heavy atom. The van der Waals surface area contributed by atoms with Crippen molar-refractivity contribution >= 4 is 5.97 Å². The fraction of sp³-hybridized carbons (Fsp3) is 0.958. The molecule has 0 bridgehead atoms. The third kappa shape index (κ3) is 2.86. The molecule has 8 atom stereocenters. The lowest BCUT2D eigenvalue weighted by atomic mass is 9.53. The van der Waals surface area contributed by atoms with Crippen molar-refractivity contribution in [2.75, 3.05) is 39.3 Å². The number of nitrogens with zero attached hydrogens (tertiary/aromatic N) is 2. The van der Waals surface area contributed by atoms with Crippen molar-refractivity contribution < 1.29 is 19.6 Å². The molecule has 6 aliphatic rings. The molecule has 4 aliphatic heterocycles. The second-order valence-electron chi connectivity index (χ2n) is 11.5. The van der Waals surface area contributed by atoms with Gasteiger partial charge in [0, 0.05) is 50.5 Å². The largest absolute Gasteiger partial charge is 0.462 e. The van der Waals surface area contributed by atoms with Crippen LogP contribution in [0.15, 0.2) is 0 Å². The van der Waals surface area contributed by atoms with Crippen LogP contribution < -0.4 is 5.32 Å². The van der Waals surface area contributed by atoms with Gasteiger partial charge >= 0.3 is 5.97 Å². The van der Waals surface area contributed by atoms with E-state index < -0.39 is 0 Å². The third-order valence-electron chi connectivity index (χ3n) is 9.92. The molecule has 2 N–H and O–H groups in total. The van der Waals surface area contributed by atoms with Gasteiger partial charge < -0.3 is 14.8 Å². The molecule has 0 aromatic heterocycles. The van der Waals surface area contributed by atoms with Crippen molar-refractivity contribution in [3.05, 3.63) is 0 Å². The lowest BCUT2D eigenvalue weighted by Gasteiger charge is -2.49. The maximum absolute atomic E-state index is 13.0. The molecule has 6 heteroatoms. The molecule has 6 fully saturated rings. The summed E-state index contributed by atoms with van der Waals surface area (Å²) >= 11 is 0. The molecule has 1 spiro atoms. The minimum Gasteiger partial charge on any atom is -0.462 e. The second kappa shape index (κ2) is 7.16. The number of carbonyl (C=O) groups excluding carboxylic acids is 1. The van der Waals surface area contributed by atoms with E-state index in [0.29, 0.717) is 12.1 Å². The van der Waals surface area contributed by atoms with Gasteiger partial charge in [-0.1, -0.05) is 20.3 Å². The Morgan fingerprint density at radius 1 is 1.13 bits per heavy atom. The monoisotopic (exact) mass is 418 g/mol. The summed E-state index contributed by atoms with van der Waals surface area (Å²) < 4.78 is 12.6. The highest BCUT2D eigenvalue weighted by molar-refractivity contribution is 5.76. The van der Waals surface area contributed by atoms with Gasteiger partial charge in [0.15, 0.2) is 0 Å². The number of carbonyl (C=O) groups is 1. The zero-order valence-corrected chi connectivity index (χ0v) is 18.9. The minimum atomic E-state index is 0.00541. The summed E-state index contributed by atoms with van der Waals surface area (Å²) in [6.45, 7) is 11.4. The molecule has 8 unspecified atom stereocenters. The first-order chi connectivity index (χ1) is 14.5. The van der Waals surface area contributed by atoms with E-state index in [4.69, 9.17) is 9.47 Å². The minimum absolute atomic E-state index is 0.00541. The van der Waals surface area contributed by atoms with Gasteiger partial charge in [0.05, 0.1) is 18.6 Å². The maximum Gasteiger partial charge on any atom is 0.311 e. The van der Waals surface area contributed by atoms with Gasteiger partial charge in [-0.3, -0.25) is 14.6 Å². The molecule has 6 nitrogen and oxygen atoms in total. The first-order valence-corrected chi connectivity index (χ1v) is 12.7. The molecule has 0 radical (unpaired) electrons. The van der Waals surface area contributed by atoms with Crippen molar-refractivity contribution in [3.8, 4) is 0 Å². The number of rotatable bonds is 3. The predicted molar refractivity (Wildman–Crippen MR) is 113 cm³/mol. The Kier molecular flexibility index (Phi) is 4.76. The summed E-state index contributed by atoms with van der Waals surface area (Å²) in [4.78, 5) is 18.2. The Labute approximate surface area is 181 Å². The average molecular weight is 419 g/mol. The quantitative estimate of drug-likeness (QED) is 0.551. The number of epoxide rings is 1. The smallest absolute Gasteiger partial charge is 0.311 e. The van der Waals surface area contributed by atoms with Crippen LogP contribution in [0, 0.1) is 23.2 Å². The Balaban J connectivity index is 1.12. The predicted octanol–water partition coefficient (Wildman–Crippen LogP) is 1.20. The van der Waals surface area contributed by atoms with Gasteiger partial charge in [-0.05, 0) is 38.0 Å². The van der Waals surface area contributed by atoms with Crippen LogP contribution in [0.3, 0.4) is 0 Å². The molecular formula is C24H40N3O3+. The van der Waals surface area contributed by atoms with Crippen LogP contribution in [0.1, 0.15) is 58.8 Å². The summed E-state index contributed by atoms with van der Waals surface area (Å²) in [5.41, 5.74) is 0.210. The second-order valence-corrected chi connectivity index (χ2v) is 11.5. The van der Waals surface area contributed by atoms with E-state index in [-0.39, 0.29) is 41.0 Å². The van der Waals surface area contributed by atoms with Crippen molar-refractivity contribution in [1.82, 2.24) is 9.80 Å². The van der Waals surface area contributed by atoms with Gasteiger partial charge in [-0.15, -0.1) is 0 Å².